The van der Waals surface area contributed by atoms with Crippen LogP contribution in [0.15, 0.2) is 72.3 Å². The Morgan fingerprint density at radius 1 is 0.882 bits per heavy atom. The molecule has 3 aromatic rings. The SMILES string of the molecule is COc1ccc(C2(O)OC(=O)C(c3cc(OC)cc(OC)c3)=C2Cc2cccc(C=O)c2)cc1. The van der Waals surface area contributed by atoms with Gasteiger partial charge in [-0.05, 0) is 53.6 Å². The van der Waals surface area contributed by atoms with E-state index in [2.05, 4.69) is 0 Å². The second kappa shape index (κ2) is 9.41. The van der Waals surface area contributed by atoms with Crippen LogP contribution in [0.5, 0.6) is 17.2 Å². The van der Waals surface area contributed by atoms with Crippen molar-refractivity contribution in [3.05, 3.63) is 94.6 Å². The molecule has 7 heteroatoms. The van der Waals surface area contributed by atoms with Gasteiger partial charge in [0.05, 0.1) is 26.9 Å². The first-order chi connectivity index (χ1) is 16.4. The summed E-state index contributed by atoms with van der Waals surface area (Å²) in [6.07, 6.45) is 0.905. The Hall–Kier alpha value is -4.10. The number of aliphatic hydroxyl groups is 1. The molecule has 1 N–H and O–H groups in total. The van der Waals surface area contributed by atoms with Crippen molar-refractivity contribution in [1.29, 1.82) is 0 Å². The van der Waals surface area contributed by atoms with Crippen LogP contribution in [0.25, 0.3) is 5.57 Å². The molecule has 1 heterocycles. The largest absolute Gasteiger partial charge is 0.497 e. The van der Waals surface area contributed by atoms with E-state index in [1.165, 1.54) is 14.2 Å². The van der Waals surface area contributed by atoms with Gasteiger partial charge in [-0.2, -0.15) is 0 Å². The van der Waals surface area contributed by atoms with Gasteiger partial charge in [0.25, 0.3) is 5.79 Å². The summed E-state index contributed by atoms with van der Waals surface area (Å²) >= 11 is 0. The minimum atomic E-state index is -2.02. The standard InChI is InChI=1S/C27H24O7/c1-31-21-9-7-20(8-10-21)27(30)24(12-17-5-4-6-18(11-17)16-28)25(26(29)34-27)19-13-22(32-2)15-23(14-19)33-3/h4-11,13-16,30H,12H2,1-3H3. The fourth-order valence-electron chi connectivity index (χ4n) is 4.02. The molecule has 0 fully saturated rings. The van der Waals surface area contributed by atoms with Crippen molar-refractivity contribution in [2.24, 2.45) is 0 Å². The van der Waals surface area contributed by atoms with E-state index in [1.807, 2.05) is 6.07 Å². The highest BCUT2D eigenvalue weighted by atomic mass is 16.7. The minimum absolute atomic E-state index is 0.158. The molecule has 0 radical (unpaired) electrons. The average Bonchev–Trinajstić information content (AvgIpc) is 3.13. The van der Waals surface area contributed by atoms with Crippen molar-refractivity contribution in [2.45, 2.75) is 12.2 Å². The Bertz CT molecular complexity index is 1240. The van der Waals surface area contributed by atoms with Crippen LogP contribution in [-0.2, 0) is 21.7 Å². The van der Waals surface area contributed by atoms with Crippen molar-refractivity contribution in [3.63, 3.8) is 0 Å². The lowest BCUT2D eigenvalue weighted by Gasteiger charge is -2.26. The van der Waals surface area contributed by atoms with Crippen LogP contribution < -0.4 is 14.2 Å². The number of methoxy groups -OCH3 is 3. The van der Waals surface area contributed by atoms with E-state index in [4.69, 9.17) is 18.9 Å². The van der Waals surface area contributed by atoms with Crippen LogP contribution in [-0.4, -0.2) is 38.7 Å². The van der Waals surface area contributed by atoms with Crippen LogP contribution >= 0.6 is 0 Å². The summed E-state index contributed by atoms with van der Waals surface area (Å²) in [5.41, 5.74) is 2.60. The van der Waals surface area contributed by atoms with Gasteiger partial charge in [0.2, 0.25) is 0 Å². The van der Waals surface area contributed by atoms with Gasteiger partial charge < -0.3 is 24.1 Å². The van der Waals surface area contributed by atoms with E-state index in [1.54, 1.807) is 67.8 Å². The summed E-state index contributed by atoms with van der Waals surface area (Å²) in [6.45, 7) is 0. The molecule has 1 aliphatic heterocycles. The summed E-state index contributed by atoms with van der Waals surface area (Å²) in [5.74, 6) is -1.14. The lowest BCUT2D eigenvalue weighted by Crippen LogP contribution is -2.29. The molecule has 1 unspecified atom stereocenters. The zero-order valence-corrected chi connectivity index (χ0v) is 19.0. The third-order valence-corrected chi connectivity index (χ3v) is 5.74. The Balaban J connectivity index is 1.93. The molecule has 0 bridgehead atoms. The second-order valence-electron chi connectivity index (χ2n) is 7.76. The number of hydrogen-bond acceptors (Lipinski definition) is 7. The lowest BCUT2D eigenvalue weighted by molar-refractivity contribution is -0.185. The maximum Gasteiger partial charge on any atom is 0.342 e. The number of rotatable bonds is 8. The van der Waals surface area contributed by atoms with E-state index in [0.29, 0.717) is 39.5 Å². The molecule has 1 atom stereocenters. The lowest BCUT2D eigenvalue weighted by atomic mass is 9.87. The van der Waals surface area contributed by atoms with Crippen LogP contribution in [0.4, 0.5) is 0 Å². The number of aldehydes is 1. The molecule has 0 aliphatic carbocycles. The molecule has 0 aromatic heterocycles. The van der Waals surface area contributed by atoms with E-state index in [-0.39, 0.29) is 12.0 Å². The predicted molar refractivity (Wildman–Crippen MR) is 125 cm³/mol. The Morgan fingerprint density at radius 2 is 1.53 bits per heavy atom. The third-order valence-electron chi connectivity index (χ3n) is 5.74. The molecule has 0 saturated heterocycles. The van der Waals surface area contributed by atoms with Gasteiger partial charge in [-0.3, -0.25) is 4.79 Å². The number of carbonyl (C=O) groups excluding carboxylic acids is 2. The number of carbonyl (C=O) groups is 2. The quantitative estimate of drug-likeness (QED) is 0.402. The average molecular weight is 460 g/mol. The smallest absolute Gasteiger partial charge is 0.342 e. The van der Waals surface area contributed by atoms with Crippen LogP contribution in [0.1, 0.15) is 27.0 Å². The van der Waals surface area contributed by atoms with Gasteiger partial charge in [0.1, 0.15) is 23.5 Å². The van der Waals surface area contributed by atoms with Crippen molar-refractivity contribution in [3.8, 4) is 17.2 Å². The zero-order valence-electron chi connectivity index (χ0n) is 19.0. The normalized spacial score (nSPS) is 17.4. The molecule has 1 aliphatic rings. The van der Waals surface area contributed by atoms with Crippen LogP contribution in [0.3, 0.4) is 0 Å². The maximum atomic E-state index is 13.2. The summed E-state index contributed by atoms with van der Waals surface area (Å²) in [4.78, 5) is 24.5. The van der Waals surface area contributed by atoms with E-state index >= 15 is 0 Å². The van der Waals surface area contributed by atoms with Gasteiger partial charge >= 0.3 is 5.97 Å². The number of ether oxygens (including phenoxy) is 4. The van der Waals surface area contributed by atoms with Crippen molar-refractivity contribution < 1.29 is 33.6 Å². The first-order valence-corrected chi connectivity index (χ1v) is 10.5. The van der Waals surface area contributed by atoms with E-state index < -0.39 is 11.8 Å². The van der Waals surface area contributed by atoms with E-state index in [9.17, 15) is 14.7 Å². The first kappa shape index (κ1) is 23.1. The first-order valence-electron chi connectivity index (χ1n) is 10.5. The van der Waals surface area contributed by atoms with Crippen LogP contribution in [0, 0.1) is 0 Å². The number of cyclic esters (lactones) is 1. The maximum absolute atomic E-state index is 13.2. The molecular formula is C27H24O7. The van der Waals surface area contributed by atoms with E-state index in [0.717, 1.165) is 11.8 Å². The molecule has 7 nitrogen and oxygen atoms in total. The van der Waals surface area contributed by atoms with Crippen molar-refractivity contribution >= 4 is 17.8 Å². The fourth-order valence-corrected chi connectivity index (χ4v) is 4.02. The predicted octanol–water partition coefficient (Wildman–Crippen LogP) is 3.92. The topological polar surface area (TPSA) is 91.3 Å². The molecule has 3 aromatic carbocycles. The molecular weight excluding hydrogens is 436 g/mol. The van der Waals surface area contributed by atoms with Gasteiger partial charge in [-0.1, -0.05) is 18.2 Å². The third kappa shape index (κ3) is 4.25. The number of hydrogen-bond donors (Lipinski definition) is 1. The summed E-state index contributed by atoms with van der Waals surface area (Å²) < 4.78 is 21.6. The summed E-state index contributed by atoms with van der Waals surface area (Å²) in [7, 11) is 4.57. The molecule has 0 spiro atoms. The van der Waals surface area contributed by atoms with Crippen molar-refractivity contribution in [2.75, 3.05) is 21.3 Å². The summed E-state index contributed by atoms with van der Waals surface area (Å²) in [5, 5.41) is 11.8. The Kier molecular flexibility index (Phi) is 6.38. The Morgan fingerprint density at radius 3 is 2.12 bits per heavy atom. The second-order valence-corrected chi connectivity index (χ2v) is 7.76. The fraction of sp³-hybridized carbons (Fsp3) is 0.185. The highest BCUT2D eigenvalue weighted by Gasteiger charge is 2.48. The van der Waals surface area contributed by atoms with Gasteiger partial charge in [-0.15, -0.1) is 0 Å². The monoisotopic (exact) mass is 460 g/mol. The zero-order chi connectivity index (χ0) is 24.3. The highest BCUT2D eigenvalue weighted by molar-refractivity contribution is 6.20. The van der Waals surface area contributed by atoms with Gasteiger partial charge in [0.15, 0.2) is 0 Å². The van der Waals surface area contributed by atoms with Gasteiger partial charge in [-0.25, -0.2) is 4.79 Å². The molecule has 174 valence electrons. The van der Waals surface area contributed by atoms with Gasteiger partial charge in [0, 0.05) is 29.2 Å². The number of benzene rings is 3. The Labute approximate surface area is 197 Å². The van der Waals surface area contributed by atoms with Crippen LogP contribution in [0.2, 0.25) is 0 Å². The minimum Gasteiger partial charge on any atom is -0.497 e. The molecule has 0 amide bonds. The number of esters is 1. The molecule has 0 saturated carbocycles. The summed E-state index contributed by atoms with van der Waals surface area (Å²) in [6, 6.07) is 18.7. The molecule has 34 heavy (non-hydrogen) atoms. The molecule has 4 rings (SSSR count). The van der Waals surface area contributed by atoms with Crippen molar-refractivity contribution in [1.82, 2.24) is 0 Å². The highest BCUT2D eigenvalue weighted by Crippen LogP contribution is 2.46.